The van der Waals surface area contributed by atoms with Crippen molar-refractivity contribution < 1.29 is 4.74 Å². The minimum absolute atomic E-state index is 0.518. The van der Waals surface area contributed by atoms with Gasteiger partial charge in [-0.05, 0) is 25.6 Å². The fourth-order valence-electron chi connectivity index (χ4n) is 1.80. The first kappa shape index (κ1) is 17.9. The van der Waals surface area contributed by atoms with Crippen molar-refractivity contribution in [1.29, 1.82) is 5.26 Å². The topological polar surface area (TPSA) is 39.5 Å². The maximum atomic E-state index is 8.52. The second-order valence-corrected chi connectivity index (χ2v) is 5.86. The van der Waals surface area contributed by atoms with Gasteiger partial charge in [0.2, 0.25) is 0 Å². The highest BCUT2D eigenvalue weighted by atomic mass is 35.5. The quantitative estimate of drug-likeness (QED) is 0.682. The highest BCUT2D eigenvalue weighted by molar-refractivity contribution is 6.37. The third-order valence-corrected chi connectivity index (χ3v) is 3.60. The van der Waals surface area contributed by atoms with E-state index in [0.717, 1.165) is 25.2 Å². The zero-order valence-electron chi connectivity index (χ0n) is 12.7. The van der Waals surface area contributed by atoms with Gasteiger partial charge in [-0.25, -0.2) is 0 Å². The SMILES string of the molecule is CN(CCC#N)CCCOc1c(Cl)cc(N(C)C)cc1Cl. The molecule has 0 saturated carbocycles. The lowest BCUT2D eigenvalue weighted by Crippen LogP contribution is -2.22. The standard InChI is InChI=1S/C15H21Cl2N3O/c1-19(2)12-10-13(16)15(14(17)11-12)21-9-5-8-20(3)7-4-6-18/h10-11H,4-5,7-9H2,1-3H3. The second kappa shape index (κ2) is 8.99. The van der Waals surface area contributed by atoms with Crippen LogP contribution in [-0.2, 0) is 0 Å². The van der Waals surface area contributed by atoms with E-state index in [2.05, 4.69) is 11.0 Å². The summed E-state index contributed by atoms with van der Waals surface area (Å²) < 4.78 is 5.68. The van der Waals surface area contributed by atoms with Crippen molar-refractivity contribution >= 4 is 28.9 Å². The van der Waals surface area contributed by atoms with E-state index in [1.807, 2.05) is 38.2 Å². The number of hydrogen-bond acceptors (Lipinski definition) is 4. The van der Waals surface area contributed by atoms with Crippen LogP contribution in [0.3, 0.4) is 0 Å². The summed E-state index contributed by atoms with van der Waals surface area (Å²) >= 11 is 12.4. The first-order valence-electron chi connectivity index (χ1n) is 6.80. The predicted octanol–water partition coefficient (Wildman–Crippen LogP) is 3.67. The van der Waals surface area contributed by atoms with E-state index in [9.17, 15) is 0 Å². The average molecular weight is 330 g/mol. The fraction of sp³-hybridized carbons (Fsp3) is 0.533. The third kappa shape index (κ3) is 6.01. The van der Waals surface area contributed by atoms with Crippen molar-refractivity contribution in [3.63, 3.8) is 0 Å². The maximum absolute atomic E-state index is 8.52. The molecule has 1 aromatic carbocycles. The van der Waals surface area contributed by atoms with E-state index in [4.69, 9.17) is 33.2 Å². The van der Waals surface area contributed by atoms with Crippen molar-refractivity contribution in [2.45, 2.75) is 12.8 Å². The molecule has 0 aromatic heterocycles. The van der Waals surface area contributed by atoms with Crippen LogP contribution in [0.25, 0.3) is 0 Å². The highest BCUT2D eigenvalue weighted by Crippen LogP contribution is 2.36. The van der Waals surface area contributed by atoms with Gasteiger partial charge < -0.3 is 14.5 Å². The minimum Gasteiger partial charge on any atom is -0.490 e. The molecule has 0 heterocycles. The summed E-state index contributed by atoms with van der Waals surface area (Å²) in [5.41, 5.74) is 0.939. The van der Waals surface area contributed by atoms with E-state index in [1.165, 1.54) is 0 Å². The van der Waals surface area contributed by atoms with Crippen LogP contribution in [0.1, 0.15) is 12.8 Å². The molecular weight excluding hydrogens is 309 g/mol. The van der Waals surface area contributed by atoms with Gasteiger partial charge in [-0.15, -0.1) is 0 Å². The van der Waals surface area contributed by atoms with Crippen LogP contribution in [-0.4, -0.2) is 45.7 Å². The van der Waals surface area contributed by atoms with Gasteiger partial charge in [-0.1, -0.05) is 23.2 Å². The van der Waals surface area contributed by atoms with Crippen molar-refractivity contribution in [3.05, 3.63) is 22.2 Å². The molecule has 0 bridgehead atoms. The zero-order valence-corrected chi connectivity index (χ0v) is 14.2. The van der Waals surface area contributed by atoms with Crippen molar-refractivity contribution in [3.8, 4) is 11.8 Å². The average Bonchev–Trinajstić information content (AvgIpc) is 2.43. The van der Waals surface area contributed by atoms with E-state index in [1.54, 1.807) is 0 Å². The lowest BCUT2D eigenvalue weighted by atomic mass is 10.3. The summed E-state index contributed by atoms with van der Waals surface area (Å²) in [6.45, 7) is 2.18. The molecule has 0 atom stereocenters. The van der Waals surface area contributed by atoms with Crippen LogP contribution >= 0.6 is 23.2 Å². The smallest absolute Gasteiger partial charge is 0.156 e. The Balaban J connectivity index is 2.48. The molecule has 0 radical (unpaired) electrons. The van der Waals surface area contributed by atoms with Gasteiger partial charge in [0.25, 0.3) is 0 Å². The highest BCUT2D eigenvalue weighted by Gasteiger charge is 2.11. The minimum atomic E-state index is 0.518. The number of ether oxygens (including phenoxy) is 1. The summed E-state index contributed by atoms with van der Waals surface area (Å²) in [6.07, 6.45) is 1.39. The molecule has 0 N–H and O–H groups in total. The van der Waals surface area contributed by atoms with Crippen LogP contribution in [0.2, 0.25) is 10.0 Å². The van der Waals surface area contributed by atoms with Crippen LogP contribution < -0.4 is 9.64 Å². The number of halogens is 2. The molecule has 0 aliphatic carbocycles. The molecule has 1 aromatic rings. The first-order chi connectivity index (χ1) is 9.95. The van der Waals surface area contributed by atoms with Crippen LogP contribution in [0.4, 0.5) is 5.69 Å². The van der Waals surface area contributed by atoms with Crippen LogP contribution in [0.5, 0.6) is 5.75 Å². The maximum Gasteiger partial charge on any atom is 0.156 e. The lowest BCUT2D eigenvalue weighted by molar-refractivity contribution is 0.265. The molecule has 0 saturated heterocycles. The Morgan fingerprint density at radius 2 is 1.76 bits per heavy atom. The Hall–Kier alpha value is -1.15. The largest absolute Gasteiger partial charge is 0.490 e. The molecule has 4 nitrogen and oxygen atoms in total. The van der Waals surface area contributed by atoms with Gasteiger partial charge >= 0.3 is 0 Å². The van der Waals surface area contributed by atoms with Gasteiger partial charge in [-0.2, -0.15) is 5.26 Å². The summed E-state index contributed by atoms with van der Waals surface area (Å²) in [5, 5.41) is 9.56. The van der Waals surface area contributed by atoms with Crippen molar-refractivity contribution in [2.75, 3.05) is 45.7 Å². The van der Waals surface area contributed by atoms with Gasteiger partial charge in [0.1, 0.15) is 0 Å². The molecule has 1 rings (SSSR count). The number of benzene rings is 1. The van der Waals surface area contributed by atoms with Gasteiger partial charge in [0, 0.05) is 39.3 Å². The Labute approximate surface area is 136 Å². The molecule has 0 aliphatic rings. The van der Waals surface area contributed by atoms with E-state index < -0.39 is 0 Å². The van der Waals surface area contributed by atoms with Crippen molar-refractivity contribution in [2.24, 2.45) is 0 Å². The molecule has 0 spiro atoms. The van der Waals surface area contributed by atoms with Crippen LogP contribution in [0, 0.1) is 11.3 Å². The van der Waals surface area contributed by atoms with E-state index in [0.29, 0.717) is 28.8 Å². The summed E-state index contributed by atoms with van der Waals surface area (Å²) in [4.78, 5) is 4.04. The Bertz CT molecular complexity index is 477. The summed E-state index contributed by atoms with van der Waals surface area (Å²) in [7, 11) is 5.85. The van der Waals surface area contributed by atoms with Crippen molar-refractivity contribution in [1.82, 2.24) is 4.90 Å². The normalized spacial score (nSPS) is 10.5. The number of rotatable bonds is 8. The van der Waals surface area contributed by atoms with E-state index >= 15 is 0 Å². The lowest BCUT2D eigenvalue weighted by Gasteiger charge is -2.17. The molecule has 116 valence electrons. The van der Waals surface area contributed by atoms with Gasteiger partial charge in [-0.3, -0.25) is 0 Å². The number of anilines is 1. The molecule has 0 fully saturated rings. The first-order valence-corrected chi connectivity index (χ1v) is 7.56. The Kier molecular flexibility index (Phi) is 7.66. The summed E-state index contributed by atoms with van der Waals surface area (Å²) in [5.74, 6) is 0.531. The number of hydrogen-bond donors (Lipinski definition) is 0. The van der Waals surface area contributed by atoms with Gasteiger partial charge in [0.05, 0.1) is 22.7 Å². The monoisotopic (exact) mass is 329 g/mol. The molecular formula is C15H21Cl2N3O. The Morgan fingerprint density at radius 1 is 1.14 bits per heavy atom. The number of nitriles is 1. The Morgan fingerprint density at radius 3 is 2.29 bits per heavy atom. The van der Waals surface area contributed by atoms with E-state index in [-0.39, 0.29) is 0 Å². The second-order valence-electron chi connectivity index (χ2n) is 5.05. The van der Waals surface area contributed by atoms with Crippen LogP contribution in [0.15, 0.2) is 12.1 Å². The predicted molar refractivity (Wildman–Crippen MR) is 88.6 cm³/mol. The molecule has 6 heteroatoms. The zero-order chi connectivity index (χ0) is 15.8. The van der Waals surface area contributed by atoms with Gasteiger partial charge in [0.15, 0.2) is 5.75 Å². The number of nitrogens with zero attached hydrogens (tertiary/aromatic N) is 3. The molecule has 0 unspecified atom stereocenters. The molecule has 21 heavy (non-hydrogen) atoms. The summed E-state index contributed by atoms with van der Waals surface area (Å²) in [6, 6.07) is 5.80. The molecule has 0 aliphatic heterocycles. The fourth-order valence-corrected chi connectivity index (χ4v) is 2.39. The molecule has 0 amide bonds. The third-order valence-electron chi connectivity index (χ3n) is 3.04.